The van der Waals surface area contributed by atoms with E-state index < -0.39 is 0 Å². The van der Waals surface area contributed by atoms with Crippen LogP contribution in [0.15, 0.2) is 72.8 Å². The third-order valence-electron chi connectivity index (χ3n) is 4.05. The van der Waals surface area contributed by atoms with Gasteiger partial charge >= 0.3 is 0 Å². The molecule has 0 radical (unpaired) electrons. The maximum absolute atomic E-state index is 12.0. The largest absolute Gasteiger partial charge is 0.326 e. The van der Waals surface area contributed by atoms with Crippen molar-refractivity contribution in [1.29, 1.82) is 0 Å². The van der Waals surface area contributed by atoms with Crippen LogP contribution in [0.5, 0.6) is 0 Å². The van der Waals surface area contributed by atoms with Gasteiger partial charge in [-0.05, 0) is 23.3 Å². The molecule has 25 heavy (non-hydrogen) atoms. The number of carbonyl (C=O) groups excluding carboxylic acids is 1. The minimum Gasteiger partial charge on any atom is -0.326 e. The van der Waals surface area contributed by atoms with Crippen LogP contribution in [0.25, 0.3) is 22.3 Å². The summed E-state index contributed by atoms with van der Waals surface area (Å²) in [6.07, 6.45) is 0.398. The number of rotatable bonds is 5. The monoisotopic (exact) mass is 332 g/mol. The van der Waals surface area contributed by atoms with Gasteiger partial charge in [0.1, 0.15) is 0 Å². The number of hydrogen-bond acceptors (Lipinski definition) is 3. The second kappa shape index (κ2) is 7.64. The summed E-state index contributed by atoms with van der Waals surface area (Å²) in [5.74, 6) is -0.0547. The first-order valence-electron chi connectivity index (χ1n) is 8.22. The molecule has 126 valence electrons. The Bertz CT molecular complexity index is 862. The molecule has 1 amide bonds. The fraction of sp³-hybridized carbons (Fsp3) is 0.0952. The second-order valence-corrected chi connectivity index (χ2v) is 5.66. The predicted molar refractivity (Wildman–Crippen MR) is 102 cm³/mol. The molecule has 3 aromatic rings. The molecular weight excluding hydrogens is 312 g/mol. The van der Waals surface area contributed by atoms with Crippen molar-refractivity contribution in [2.45, 2.75) is 13.3 Å². The van der Waals surface area contributed by atoms with E-state index in [2.05, 4.69) is 10.8 Å². The highest BCUT2D eigenvalue weighted by Crippen LogP contribution is 2.42. The van der Waals surface area contributed by atoms with Crippen molar-refractivity contribution in [3.05, 3.63) is 72.8 Å². The lowest BCUT2D eigenvalue weighted by Gasteiger charge is -2.19. The first kappa shape index (κ1) is 16.7. The van der Waals surface area contributed by atoms with Gasteiger partial charge in [0.05, 0.1) is 5.69 Å². The van der Waals surface area contributed by atoms with Crippen molar-refractivity contribution < 1.29 is 10.0 Å². The molecule has 0 heterocycles. The van der Waals surface area contributed by atoms with Crippen molar-refractivity contribution in [2.75, 3.05) is 10.8 Å². The van der Waals surface area contributed by atoms with E-state index in [1.165, 1.54) is 0 Å². The van der Waals surface area contributed by atoms with Gasteiger partial charge in [0.2, 0.25) is 5.91 Å². The van der Waals surface area contributed by atoms with Crippen LogP contribution in [0.2, 0.25) is 0 Å². The van der Waals surface area contributed by atoms with Crippen molar-refractivity contribution in [1.82, 2.24) is 0 Å². The number of nitrogens with one attached hydrogen (secondary N) is 2. The lowest BCUT2D eigenvalue weighted by Crippen LogP contribution is -2.11. The van der Waals surface area contributed by atoms with Crippen molar-refractivity contribution in [3.8, 4) is 22.3 Å². The Morgan fingerprint density at radius 1 is 0.800 bits per heavy atom. The summed E-state index contributed by atoms with van der Waals surface area (Å²) >= 11 is 0. The summed E-state index contributed by atoms with van der Waals surface area (Å²) < 4.78 is 0. The minimum atomic E-state index is -0.0547. The van der Waals surface area contributed by atoms with Gasteiger partial charge in [-0.1, -0.05) is 67.6 Å². The third-order valence-corrected chi connectivity index (χ3v) is 4.05. The highest BCUT2D eigenvalue weighted by Gasteiger charge is 2.17. The van der Waals surface area contributed by atoms with Crippen LogP contribution >= 0.6 is 0 Å². The zero-order valence-electron chi connectivity index (χ0n) is 14.0. The molecular formula is C21H20N2O2. The number of hydrogen-bond donors (Lipinski definition) is 3. The fourth-order valence-electron chi connectivity index (χ4n) is 2.85. The molecule has 3 rings (SSSR count). The topological polar surface area (TPSA) is 61.4 Å². The summed E-state index contributed by atoms with van der Waals surface area (Å²) in [5, 5.41) is 12.6. The molecule has 0 aliphatic carbocycles. The van der Waals surface area contributed by atoms with Gasteiger partial charge in [0, 0.05) is 23.2 Å². The van der Waals surface area contributed by atoms with Gasteiger partial charge in [-0.15, -0.1) is 0 Å². The Hall–Kier alpha value is -3.11. The minimum absolute atomic E-state index is 0.0547. The number of benzene rings is 3. The van der Waals surface area contributed by atoms with Gasteiger partial charge in [-0.2, -0.15) is 0 Å². The molecule has 4 nitrogen and oxygen atoms in total. The van der Waals surface area contributed by atoms with Crippen molar-refractivity contribution in [3.63, 3.8) is 0 Å². The summed E-state index contributed by atoms with van der Waals surface area (Å²) in [4.78, 5) is 12.0. The number of amides is 1. The Labute approximate surface area is 147 Å². The smallest absolute Gasteiger partial charge is 0.224 e. The Morgan fingerprint density at radius 2 is 1.28 bits per heavy atom. The molecule has 0 atom stereocenters. The predicted octanol–water partition coefficient (Wildman–Crippen LogP) is 5.17. The van der Waals surface area contributed by atoms with Gasteiger partial charge in [-0.25, -0.2) is 0 Å². The molecule has 0 aliphatic heterocycles. The molecule has 0 spiro atoms. The van der Waals surface area contributed by atoms with Gasteiger partial charge in [0.25, 0.3) is 0 Å². The standard InChI is InChI=1S/C21H20N2O2/c1-2-19(24)22-17-13-14-18(23-25)21(16-11-7-4-8-12-16)20(17)15-9-5-3-6-10-15/h3-14,23,25H,2H2,1H3,(H,22,24). The molecule has 0 unspecified atom stereocenters. The molecule has 0 bridgehead atoms. The van der Waals surface area contributed by atoms with E-state index in [4.69, 9.17) is 0 Å². The van der Waals surface area contributed by atoms with E-state index in [1.54, 1.807) is 12.1 Å². The van der Waals surface area contributed by atoms with E-state index in [0.29, 0.717) is 12.1 Å². The number of anilines is 2. The average Bonchev–Trinajstić information content (AvgIpc) is 2.68. The van der Waals surface area contributed by atoms with E-state index in [9.17, 15) is 10.0 Å². The van der Waals surface area contributed by atoms with Crippen LogP contribution in [-0.4, -0.2) is 11.1 Å². The Kier molecular flexibility index (Phi) is 5.11. The zero-order chi connectivity index (χ0) is 17.6. The van der Waals surface area contributed by atoms with Gasteiger partial charge in [-0.3, -0.25) is 15.5 Å². The normalized spacial score (nSPS) is 10.3. The summed E-state index contributed by atoms with van der Waals surface area (Å²) in [6, 6.07) is 23.2. The zero-order valence-corrected chi connectivity index (χ0v) is 14.0. The SMILES string of the molecule is CCC(=O)Nc1ccc(NO)c(-c2ccccc2)c1-c1ccccc1. The molecule has 3 aromatic carbocycles. The summed E-state index contributed by atoms with van der Waals surface area (Å²) in [6.45, 7) is 1.82. The van der Waals surface area contributed by atoms with Gasteiger partial charge < -0.3 is 5.32 Å². The third kappa shape index (κ3) is 3.54. The summed E-state index contributed by atoms with van der Waals surface area (Å²) in [7, 11) is 0. The lowest BCUT2D eigenvalue weighted by atomic mass is 9.91. The second-order valence-electron chi connectivity index (χ2n) is 5.66. The van der Waals surface area contributed by atoms with Crippen molar-refractivity contribution in [2.24, 2.45) is 0 Å². The van der Waals surface area contributed by atoms with Crippen LogP contribution in [0.1, 0.15) is 13.3 Å². The molecule has 0 saturated carbocycles. The Morgan fingerprint density at radius 3 is 1.76 bits per heavy atom. The molecule has 0 aliphatic rings. The first-order chi connectivity index (χ1) is 12.2. The van der Waals surface area contributed by atoms with Crippen LogP contribution in [0, 0.1) is 0 Å². The summed E-state index contributed by atoms with van der Waals surface area (Å²) in [5.41, 5.74) is 7.20. The lowest BCUT2D eigenvalue weighted by molar-refractivity contribution is -0.115. The maximum Gasteiger partial charge on any atom is 0.224 e. The molecule has 0 fully saturated rings. The molecule has 0 saturated heterocycles. The molecule has 4 heteroatoms. The van der Waals surface area contributed by atoms with Crippen LogP contribution in [0.3, 0.4) is 0 Å². The van der Waals surface area contributed by atoms with E-state index in [1.807, 2.05) is 67.6 Å². The fourth-order valence-corrected chi connectivity index (χ4v) is 2.85. The van der Waals surface area contributed by atoms with Crippen LogP contribution < -0.4 is 10.8 Å². The number of carbonyl (C=O) groups is 1. The van der Waals surface area contributed by atoms with Gasteiger partial charge in [0.15, 0.2) is 0 Å². The molecule has 3 N–H and O–H groups in total. The maximum atomic E-state index is 12.0. The van der Waals surface area contributed by atoms with Crippen LogP contribution in [0.4, 0.5) is 11.4 Å². The highest BCUT2D eigenvalue weighted by atomic mass is 16.5. The van der Waals surface area contributed by atoms with E-state index >= 15 is 0 Å². The van der Waals surface area contributed by atoms with E-state index in [-0.39, 0.29) is 5.91 Å². The Balaban J connectivity index is 2.30. The van der Waals surface area contributed by atoms with Crippen molar-refractivity contribution >= 4 is 17.3 Å². The quantitative estimate of drug-likeness (QED) is 0.565. The van der Waals surface area contributed by atoms with E-state index in [0.717, 1.165) is 27.9 Å². The highest BCUT2D eigenvalue weighted by molar-refractivity contribution is 6.03. The first-order valence-corrected chi connectivity index (χ1v) is 8.22. The van der Waals surface area contributed by atoms with Crippen LogP contribution in [-0.2, 0) is 4.79 Å². The molecule has 0 aromatic heterocycles. The average molecular weight is 332 g/mol.